The SMILES string of the molecule is CCCN1C(=O)OCc2cnc(SC)nc21. The van der Waals surface area contributed by atoms with Crippen LogP contribution in [0, 0.1) is 0 Å². The lowest BCUT2D eigenvalue weighted by atomic mass is 10.2. The lowest BCUT2D eigenvalue weighted by Gasteiger charge is -2.27. The highest BCUT2D eigenvalue weighted by Crippen LogP contribution is 2.26. The molecule has 0 atom stereocenters. The summed E-state index contributed by atoms with van der Waals surface area (Å²) in [5, 5.41) is 0.676. The maximum atomic E-state index is 11.6. The highest BCUT2D eigenvalue weighted by Gasteiger charge is 2.26. The summed E-state index contributed by atoms with van der Waals surface area (Å²) in [6.07, 6.45) is 4.18. The van der Waals surface area contributed by atoms with E-state index in [4.69, 9.17) is 4.74 Å². The highest BCUT2D eigenvalue weighted by atomic mass is 32.2. The second-order valence-electron chi connectivity index (χ2n) is 3.41. The average molecular weight is 239 g/mol. The largest absolute Gasteiger partial charge is 0.444 e. The van der Waals surface area contributed by atoms with Gasteiger partial charge in [-0.25, -0.2) is 14.8 Å². The quantitative estimate of drug-likeness (QED) is 0.597. The molecule has 1 aliphatic heterocycles. The van der Waals surface area contributed by atoms with Crippen LogP contribution in [0.25, 0.3) is 0 Å². The van der Waals surface area contributed by atoms with Gasteiger partial charge in [-0.3, -0.25) is 4.90 Å². The van der Waals surface area contributed by atoms with Crippen LogP contribution in [-0.2, 0) is 11.3 Å². The fraction of sp³-hybridized carbons (Fsp3) is 0.500. The number of carbonyl (C=O) groups excluding carboxylic acids is 1. The Morgan fingerprint density at radius 3 is 3.12 bits per heavy atom. The topological polar surface area (TPSA) is 55.3 Å². The van der Waals surface area contributed by atoms with Crippen LogP contribution in [0.4, 0.5) is 10.6 Å². The summed E-state index contributed by atoms with van der Waals surface area (Å²) in [6.45, 7) is 2.90. The van der Waals surface area contributed by atoms with Crippen LogP contribution >= 0.6 is 11.8 Å². The molecule has 1 aromatic heterocycles. The zero-order valence-corrected chi connectivity index (χ0v) is 10.1. The third-order valence-corrected chi connectivity index (χ3v) is 2.84. The van der Waals surface area contributed by atoms with Gasteiger partial charge in [0.1, 0.15) is 12.4 Å². The van der Waals surface area contributed by atoms with Gasteiger partial charge in [-0.1, -0.05) is 18.7 Å². The summed E-state index contributed by atoms with van der Waals surface area (Å²) in [4.78, 5) is 21.7. The second kappa shape index (κ2) is 4.69. The molecular formula is C10H13N3O2S. The molecule has 1 aliphatic rings. The van der Waals surface area contributed by atoms with E-state index in [0.717, 1.165) is 12.0 Å². The number of carbonyl (C=O) groups is 1. The second-order valence-corrected chi connectivity index (χ2v) is 4.19. The van der Waals surface area contributed by atoms with Crippen molar-refractivity contribution in [3.8, 4) is 0 Å². The van der Waals surface area contributed by atoms with Gasteiger partial charge in [0.25, 0.3) is 0 Å². The molecular weight excluding hydrogens is 226 g/mol. The number of rotatable bonds is 3. The van der Waals surface area contributed by atoms with Crippen LogP contribution in [0.5, 0.6) is 0 Å². The van der Waals surface area contributed by atoms with E-state index >= 15 is 0 Å². The molecule has 0 radical (unpaired) electrons. The van der Waals surface area contributed by atoms with E-state index in [1.165, 1.54) is 11.8 Å². The van der Waals surface area contributed by atoms with Crippen molar-refractivity contribution < 1.29 is 9.53 Å². The smallest absolute Gasteiger partial charge is 0.415 e. The third kappa shape index (κ3) is 1.97. The number of cyclic esters (lactones) is 1. The minimum Gasteiger partial charge on any atom is -0.444 e. The molecule has 0 spiro atoms. The van der Waals surface area contributed by atoms with Crippen LogP contribution < -0.4 is 4.90 Å². The average Bonchev–Trinajstić information content (AvgIpc) is 2.32. The molecule has 0 aromatic carbocycles. The normalized spacial score (nSPS) is 14.6. The number of aromatic nitrogens is 2. The first-order valence-corrected chi connectivity index (χ1v) is 6.33. The minimum absolute atomic E-state index is 0.267. The maximum absolute atomic E-state index is 11.6. The molecule has 1 amide bonds. The molecule has 0 saturated heterocycles. The van der Waals surface area contributed by atoms with Gasteiger partial charge in [-0.2, -0.15) is 0 Å². The van der Waals surface area contributed by atoms with E-state index in [9.17, 15) is 4.79 Å². The van der Waals surface area contributed by atoms with E-state index in [0.29, 0.717) is 17.5 Å². The van der Waals surface area contributed by atoms with E-state index in [1.54, 1.807) is 11.1 Å². The Kier molecular flexibility index (Phi) is 3.28. The molecule has 2 heterocycles. The number of hydrogen-bond acceptors (Lipinski definition) is 5. The summed E-state index contributed by atoms with van der Waals surface area (Å²) in [5.74, 6) is 0.692. The van der Waals surface area contributed by atoms with Crippen molar-refractivity contribution in [3.63, 3.8) is 0 Å². The van der Waals surface area contributed by atoms with Crippen LogP contribution in [0.1, 0.15) is 18.9 Å². The Morgan fingerprint density at radius 1 is 1.62 bits per heavy atom. The number of ether oxygens (including phenoxy) is 1. The van der Waals surface area contributed by atoms with Crippen LogP contribution in [0.3, 0.4) is 0 Å². The van der Waals surface area contributed by atoms with Gasteiger partial charge >= 0.3 is 6.09 Å². The molecule has 0 saturated carbocycles. The number of hydrogen-bond donors (Lipinski definition) is 0. The Hall–Kier alpha value is -1.30. The molecule has 0 unspecified atom stereocenters. The molecule has 86 valence electrons. The standard InChI is InChI=1S/C10H13N3O2S/c1-3-4-13-8-7(6-15-10(13)14)5-11-9(12-8)16-2/h5H,3-4,6H2,1-2H3. The maximum Gasteiger partial charge on any atom is 0.415 e. The summed E-state index contributed by atoms with van der Waals surface area (Å²) >= 11 is 1.46. The Balaban J connectivity index is 2.39. The van der Waals surface area contributed by atoms with Gasteiger partial charge < -0.3 is 4.74 Å². The summed E-state index contributed by atoms with van der Waals surface area (Å²) in [5.41, 5.74) is 0.867. The van der Waals surface area contributed by atoms with Crippen LogP contribution in [0.15, 0.2) is 11.4 Å². The third-order valence-electron chi connectivity index (χ3n) is 2.28. The monoisotopic (exact) mass is 239 g/mol. The molecule has 16 heavy (non-hydrogen) atoms. The molecule has 6 heteroatoms. The number of anilines is 1. The van der Waals surface area contributed by atoms with Crippen molar-refractivity contribution in [1.82, 2.24) is 9.97 Å². The Labute approximate surface area is 98.2 Å². The number of thioether (sulfide) groups is 1. The fourth-order valence-electron chi connectivity index (χ4n) is 1.54. The minimum atomic E-state index is -0.319. The Morgan fingerprint density at radius 2 is 2.44 bits per heavy atom. The van der Waals surface area contributed by atoms with Crippen molar-refractivity contribution in [2.45, 2.75) is 25.1 Å². The zero-order valence-electron chi connectivity index (χ0n) is 9.27. The van der Waals surface area contributed by atoms with Crippen molar-refractivity contribution in [2.24, 2.45) is 0 Å². The number of amides is 1. The molecule has 2 rings (SSSR count). The highest BCUT2D eigenvalue weighted by molar-refractivity contribution is 7.98. The molecule has 0 fully saturated rings. The molecule has 5 nitrogen and oxygen atoms in total. The summed E-state index contributed by atoms with van der Waals surface area (Å²) in [7, 11) is 0. The van der Waals surface area contributed by atoms with E-state index in [1.807, 2.05) is 13.2 Å². The molecule has 0 aliphatic carbocycles. The first-order valence-electron chi connectivity index (χ1n) is 5.10. The van der Waals surface area contributed by atoms with E-state index in [2.05, 4.69) is 9.97 Å². The van der Waals surface area contributed by atoms with E-state index < -0.39 is 0 Å². The lowest BCUT2D eigenvalue weighted by molar-refractivity contribution is 0.141. The van der Waals surface area contributed by atoms with Crippen molar-refractivity contribution >= 4 is 23.7 Å². The van der Waals surface area contributed by atoms with Crippen LogP contribution in [0.2, 0.25) is 0 Å². The number of nitrogens with zero attached hydrogens (tertiary/aromatic N) is 3. The van der Waals surface area contributed by atoms with Crippen molar-refractivity contribution in [2.75, 3.05) is 17.7 Å². The molecule has 0 bridgehead atoms. The van der Waals surface area contributed by atoms with Crippen molar-refractivity contribution in [1.29, 1.82) is 0 Å². The number of fused-ring (bicyclic) bond motifs is 1. The predicted octanol–water partition coefficient (Wildman–Crippen LogP) is 2.07. The van der Waals surface area contributed by atoms with Gasteiger partial charge in [0.2, 0.25) is 0 Å². The van der Waals surface area contributed by atoms with Crippen molar-refractivity contribution in [3.05, 3.63) is 11.8 Å². The zero-order chi connectivity index (χ0) is 11.5. The van der Waals surface area contributed by atoms with Gasteiger partial charge in [0, 0.05) is 12.7 Å². The predicted molar refractivity (Wildman–Crippen MR) is 61.6 cm³/mol. The Bertz CT molecular complexity index is 411. The van der Waals surface area contributed by atoms with E-state index in [-0.39, 0.29) is 12.7 Å². The van der Waals surface area contributed by atoms with Crippen LogP contribution in [-0.4, -0.2) is 28.9 Å². The first kappa shape index (κ1) is 11.2. The van der Waals surface area contributed by atoms with Gasteiger partial charge in [-0.05, 0) is 12.7 Å². The molecule has 0 N–H and O–H groups in total. The van der Waals surface area contributed by atoms with Gasteiger partial charge in [0.05, 0.1) is 5.56 Å². The molecule has 1 aromatic rings. The van der Waals surface area contributed by atoms with Gasteiger partial charge in [0.15, 0.2) is 5.16 Å². The first-order chi connectivity index (χ1) is 7.76. The lowest BCUT2D eigenvalue weighted by Crippen LogP contribution is -2.37. The fourth-order valence-corrected chi connectivity index (χ4v) is 1.88. The summed E-state index contributed by atoms with van der Waals surface area (Å²) in [6, 6.07) is 0. The summed E-state index contributed by atoms with van der Waals surface area (Å²) < 4.78 is 5.04. The van der Waals surface area contributed by atoms with Gasteiger partial charge in [-0.15, -0.1) is 0 Å².